The van der Waals surface area contributed by atoms with E-state index in [0.29, 0.717) is 41.4 Å². The van der Waals surface area contributed by atoms with Crippen LogP contribution in [-0.2, 0) is 17.9 Å². The molecule has 0 atom stereocenters. The van der Waals surface area contributed by atoms with Crippen molar-refractivity contribution in [3.8, 4) is 0 Å². The number of anilines is 1. The summed E-state index contributed by atoms with van der Waals surface area (Å²) in [5, 5.41) is 4.59. The van der Waals surface area contributed by atoms with Crippen LogP contribution < -0.4 is 11.1 Å². The fraction of sp³-hybridized carbons (Fsp3) is 0.333. The highest BCUT2D eigenvalue weighted by atomic mass is 35.5. The molecule has 1 aromatic heterocycles. The van der Waals surface area contributed by atoms with Gasteiger partial charge < -0.3 is 11.1 Å². The third-order valence-corrected chi connectivity index (χ3v) is 4.56. The van der Waals surface area contributed by atoms with Gasteiger partial charge in [0, 0.05) is 54.2 Å². The lowest BCUT2D eigenvalue weighted by atomic mass is 10.2. The van der Waals surface area contributed by atoms with E-state index >= 15 is 0 Å². The van der Waals surface area contributed by atoms with Crippen molar-refractivity contribution < 1.29 is 4.79 Å². The zero-order chi connectivity index (χ0) is 16.8. The minimum absolute atomic E-state index is 0. The summed E-state index contributed by atoms with van der Waals surface area (Å²) < 4.78 is 0. The zero-order valence-electron chi connectivity index (χ0n) is 13.1. The van der Waals surface area contributed by atoms with Gasteiger partial charge in [-0.25, -0.2) is 4.98 Å². The molecule has 2 aromatic rings. The third kappa shape index (κ3) is 6.83. The van der Waals surface area contributed by atoms with Gasteiger partial charge in [-0.05, 0) is 17.7 Å². The number of aromatic nitrogens is 1. The molecule has 9 heteroatoms. The highest BCUT2D eigenvalue weighted by Gasteiger charge is 2.12. The number of nitrogens with zero attached hydrogens (tertiary/aromatic N) is 2. The van der Waals surface area contributed by atoms with Crippen molar-refractivity contribution in [1.29, 1.82) is 0 Å². The minimum Gasteiger partial charge on any atom is -0.375 e. The second kappa shape index (κ2) is 10.1. The molecule has 132 valence electrons. The average molecular weight is 410 g/mol. The Hall–Kier alpha value is -1.05. The first kappa shape index (κ1) is 21.0. The Kier molecular flexibility index (Phi) is 8.80. The first-order valence-electron chi connectivity index (χ1n) is 7.05. The zero-order valence-corrected chi connectivity index (χ0v) is 16.2. The van der Waals surface area contributed by atoms with E-state index < -0.39 is 0 Å². The standard InChI is InChI=1S/C15H18Cl2N4OS.ClH/c1-10(22)19-4-5-21(9-13-7-20-15(18)23-13)8-11-2-3-12(16)6-14(11)17;/h2-3,6-7H,4-5,8-9H2,1H3,(H2,18,20)(H,19,22);1H. The van der Waals surface area contributed by atoms with Crippen molar-refractivity contribution in [3.63, 3.8) is 0 Å². The van der Waals surface area contributed by atoms with E-state index in [9.17, 15) is 4.79 Å². The van der Waals surface area contributed by atoms with Gasteiger partial charge in [-0.15, -0.1) is 23.7 Å². The minimum atomic E-state index is -0.0449. The molecule has 0 aliphatic carbocycles. The number of carbonyl (C=O) groups is 1. The molecule has 24 heavy (non-hydrogen) atoms. The van der Waals surface area contributed by atoms with Crippen LogP contribution in [-0.4, -0.2) is 28.9 Å². The third-order valence-electron chi connectivity index (χ3n) is 3.16. The smallest absolute Gasteiger partial charge is 0.216 e. The quantitative estimate of drug-likeness (QED) is 0.733. The van der Waals surface area contributed by atoms with Crippen molar-refractivity contribution in [2.24, 2.45) is 0 Å². The Bertz CT molecular complexity index is 680. The largest absolute Gasteiger partial charge is 0.375 e. The van der Waals surface area contributed by atoms with Crippen molar-refractivity contribution in [1.82, 2.24) is 15.2 Å². The number of amides is 1. The predicted octanol–water partition coefficient (Wildman–Crippen LogP) is 3.59. The molecule has 0 saturated carbocycles. The van der Waals surface area contributed by atoms with Gasteiger partial charge in [0.2, 0.25) is 5.91 Å². The van der Waals surface area contributed by atoms with Crippen molar-refractivity contribution in [2.45, 2.75) is 20.0 Å². The fourth-order valence-electron chi connectivity index (χ4n) is 2.11. The molecule has 1 amide bonds. The van der Waals surface area contributed by atoms with Gasteiger partial charge in [-0.3, -0.25) is 9.69 Å². The fourth-order valence-corrected chi connectivity index (χ4v) is 3.31. The molecule has 1 heterocycles. The average Bonchev–Trinajstić information content (AvgIpc) is 2.86. The Labute approximate surface area is 161 Å². The van der Waals surface area contributed by atoms with Gasteiger partial charge in [0.15, 0.2) is 5.13 Å². The summed E-state index contributed by atoms with van der Waals surface area (Å²) in [4.78, 5) is 18.4. The molecule has 0 unspecified atom stereocenters. The Morgan fingerprint density at radius 2 is 2.12 bits per heavy atom. The van der Waals surface area contributed by atoms with E-state index in [1.165, 1.54) is 18.3 Å². The molecule has 0 aliphatic heterocycles. The van der Waals surface area contributed by atoms with Crippen LogP contribution >= 0.6 is 46.9 Å². The van der Waals surface area contributed by atoms with Crippen LogP contribution in [0.3, 0.4) is 0 Å². The summed E-state index contributed by atoms with van der Waals surface area (Å²) in [5.74, 6) is -0.0449. The molecule has 0 fully saturated rings. The molecule has 0 spiro atoms. The van der Waals surface area contributed by atoms with Crippen LogP contribution in [0.1, 0.15) is 17.4 Å². The van der Waals surface area contributed by atoms with Gasteiger partial charge in [-0.1, -0.05) is 29.3 Å². The maximum Gasteiger partial charge on any atom is 0.216 e. The molecule has 2 rings (SSSR count). The number of nitrogens with one attached hydrogen (secondary N) is 1. The van der Waals surface area contributed by atoms with Crippen LogP contribution in [0.4, 0.5) is 5.13 Å². The van der Waals surface area contributed by atoms with E-state index in [-0.39, 0.29) is 18.3 Å². The first-order valence-corrected chi connectivity index (χ1v) is 8.62. The van der Waals surface area contributed by atoms with Gasteiger partial charge in [0.05, 0.1) is 0 Å². The highest BCUT2D eigenvalue weighted by Crippen LogP contribution is 2.24. The number of benzene rings is 1. The van der Waals surface area contributed by atoms with Crippen LogP contribution in [0.15, 0.2) is 24.4 Å². The van der Waals surface area contributed by atoms with Gasteiger partial charge in [0.25, 0.3) is 0 Å². The monoisotopic (exact) mass is 408 g/mol. The maximum absolute atomic E-state index is 11.0. The van der Waals surface area contributed by atoms with Crippen molar-refractivity contribution >= 4 is 58.0 Å². The Morgan fingerprint density at radius 3 is 2.71 bits per heavy atom. The molecular weight excluding hydrogens is 391 g/mol. The topological polar surface area (TPSA) is 71.2 Å². The SMILES string of the molecule is CC(=O)NCCN(Cc1cnc(N)s1)Cc1ccc(Cl)cc1Cl.Cl. The summed E-state index contributed by atoms with van der Waals surface area (Å²) in [7, 11) is 0. The maximum atomic E-state index is 11.0. The van der Waals surface area contributed by atoms with Crippen molar-refractivity contribution in [2.75, 3.05) is 18.8 Å². The van der Waals surface area contributed by atoms with Gasteiger partial charge >= 0.3 is 0 Å². The Morgan fingerprint density at radius 1 is 1.38 bits per heavy atom. The van der Waals surface area contributed by atoms with E-state index in [2.05, 4.69) is 15.2 Å². The molecule has 0 bridgehead atoms. The number of halogens is 3. The van der Waals surface area contributed by atoms with E-state index in [1.807, 2.05) is 12.1 Å². The predicted molar refractivity (Wildman–Crippen MR) is 103 cm³/mol. The van der Waals surface area contributed by atoms with E-state index in [1.54, 1.807) is 12.3 Å². The number of carbonyl (C=O) groups excluding carboxylic acids is 1. The van der Waals surface area contributed by atoms with Crippen molar-refractivity contribution in [3.05, 3.63) is 44.9 Å². The Balaban J connectivity index is 0.00000288. The van der Waals surface area contributed by atoms with Gasteiger partial charge in [0.1, 0.15) is 0 Å². The summed E-state index contributed by atoms with van der Waals surface area (Å²) >= 11 is 13.6. The normalized spacial score (nSPS) is 10.5. The molecule has 5 nitrogen and oxygen atoms in total. The van der Waals surface area contributed by atoms with Crippen LogP contribution in [0, 0.1) is 0 Å². The lowest BCUT2D eigenvalue weighted by molar-refractivity contribution is -0.119. The lowest BCUT2D eigenvalue weighted by Crippen LogP contribution is -2.33. The number of hydrogen-bond acceptors (Lipinski definition) is 5. The summed E-state index contributed by atoms with van der Waals surface area (Å²) in [5.41, 5.74) is 6.67. The summed E-state index contributed by atoms with van der Waals surface area (Å²) in [6, 6.07) is 5.46. The number of rotatable bonds is 7. The second-order valence-corrected chi connectivity index (χ2v) is 7.08. The highest BCUT2D eigenvalue weighted by molar-refractivity contribution is 7.15. The number of hydrogen-bond donors (Lipinski definition) is 2. The van der Waals surface area contributed by atoms with E-state index in [4.69, 9.17) is 28.9 Å². The number of thiazole rings is 1. The number of nitrogen functional groups attached to an aromatic ring is 1. The second-order valence-electron chi connectivity index (χ2n) is 5.09. The molecule has 3 N–H and O–H groups in total. The van der Waals surface area contributed by atoms with Crippen LogP contribution in [0.2, 0.25) is 10.0 Å². The lowest BCUT2D eigenvalue weighted by Gasteiger charge is -2.22. The van der Waals surface area contributed by atoms with Gasteiger partial charge in [-0.2, -0.15) is 0 Å². The molecular formula is C15H19Cl3N4OS. The molecule has 1 aromatic carbocycles. The van der Waals surface area contributed by atoms with Crippen LogP contribution in [0.25, 0.3) is 0 Å². The molecule has 0 radical (unpaired) electrons. The molecule has 0 aliphatic rings. The number of nitrogens with two attached hydrogens (primary N) is 1. The van der Waals surface area contributed by atoms with Crippen LogP contribution in [0.5, 0.6) is 0 Å². The summed E-state index contributed by atoms with van der Waals surface area (Å²) in [6.45, 7) is 4.09. The summed E-state index contributed by atoms with van der Waals surface area (Å²) in [6.07, 6.45) is 1.77. The first-order chi connectivity index (χ1) is 10.9. The molecule has 0 saturated heterocycles. The van der Waals surface area contributed by atoms with E-state index in [0.717, 1.165) is 10.4 Å².